The van der Waals surface area contributed by atoms with Crippen LogP contribution in [0.2, 0.25) is 0 Å². The van der Waals surface area contributed by atoms with Gasteiger partial charge in [0.25, 0.3) is 0 Å². The summed E-state index contributed by atoms with van der Waals surface area (Å²) in [6.45, 7) is 0. The molecule has 2 aromatic rings. The van der Waals surface area contributed by atoms with Crippen LogP contribution in [-0.2, 0) is 26.7 Å². The van der Waals surface area contributed by atoms with Crippen molar-refractivity contribution >= 4 is 33.5 Å². The molecule has 0 aliphatic rings. The Morgan fingerprint density at radius 1 is 0.828 bits per heavy atom. The summed E-state index contributed by atoms with van der Waals surface area (Å²) in [6.07, 6.45) is 4.34. The number of pyridine rings is 2. The molecule has 163 valence electrons. The largest absolute Gasteiger partial charge is 0.480 e. The van der Waals surface area contributed by atoms with Crippen LogP contribution in [-0.4, -0.2) is 55.7 Å². The van der Waals surface area contributed by atoms with Gasteiger partial charge in [-0.3, -0.25) is 19.6 Å². The zero-order valence-electron chi connectivity index (χ0n) is 15.5. The van der Waals surface area contributed by atoms with Crippen molar-refractivity contribution in [1.82, 2.24) is 9.97 Å². The van der Waals surface area contributed by atoms with Crippen LogP contribution < -0.4 is 11.5 Å². The molecule has 6 N–H and O–H groups in total. The smallest absolute Gasteiger partial charge is 0.320 e. The number of carboxylic acids is 2. The van der Waals surface area contributed by atoms with E-state index < -0.39 is 24.0 Å². The zero-order valence-corrected chi connectivity index (χ0v) is 18.1. The Bertz CT molecular complexity index is 652. The molecule has 0 aliphatic carbocycles. The molecule has 0 unspecified atom stereocenters. The molecule has 1 radical (unpaired) electrons. The van der Waals surface area contributed by atoms with Gasteiger partial charge in [-0.25, -0.2) is 0 Å². The number of carboxylic acid groups (broad SMARTS) is 2. The molecule has 0 amide bonds. The van der Waals surface area contributed by atoms with E-state index in [1.807, 2.05) is 36.4 Å². The van der Waals surface area contributed by atoms with Gasteiger partial charge in [-0.15, -0.1) is 0 Å². The van der Waals surface area contributed by atoms with Crippen molar-refractivity contribution in [2.45, 2.75) is 24.9 Å². The Balaban J connectivity index is 0.000000537. The van der Waals surface area contributed by atoms with Crippen molar-refractivity contribution in [3.63, 3.8) is 0 Å². The number of nitrogens with two attached hydrogens (primary N) is 2. The van der Waals surface area contributed by atoms with E-state index in [9.17, 15) is 9.59 Å². The van der Waals surface area contributed by atoms with Crippen LogP contribution >= 0.6 is 21.6 Å². The van der Waals surface area contributed by atoms with Gasteiger partial charge in [0.1, 0.15) is 12.1 Å². The van der Waals surface area contributed by atoms with Crippen molar-refractivity contribution in [2.24, 2.45) is 11.5 Å². The number of hydrogen-bond acceptors (Lipinski definition) is 8. The number of aromatic nitrogens is 2. The van der Waals surface area contributed by atoms with E-state index in [1.165, 1.54) is 21.6 Å². The molecule has 2 heterocycles. The molecule has 0 bridgehead atoms. The maximum Gasteiger partial charge on any atom is 0.320 e. The summed E-state index contributed by atoms with van der Waals surface area (Å²) in [6, 6.07) is 9.95. The maximum absolute atomic E-state index is 10.4. The second-order valence-corrected chi connectivity index (χ2v) is 8.24. The Hall–Kier alpha value is -1.62. The third-order valence-corrected chi connectivity index (χ3v) is 5.81. The summed E-state index contributed by atoms with van der Waals surface area (Å²) in [5.41, 5.74) is 12.4. The molecule has 29 heavy (non-hydrogen) atoms. The first-order valence-corrected chi connectivity index (χ1v) is 10.9. The van der Waals surface area contributed by atoms with E-state index in [4.69, 9.17) is 21.7 Å². The van der Waals surface area contributed by atoms with E-state index in [0.717, 1.165) is 11.4 Å². The molecule has 0 saturated heterocycles. The van der Waals surface area contributed by atoms with Crippen molar-refractivity contribution in [2.75, 3.05) is 11.5 Å². The van der Waals surface area contributed by atoms with Crippen LogP contribution in [0, 0.1) is 0 Å². The van der Waals surface area contributed by atoms with E-state index in [1.54, 1.807) is 12.4 Å². The fourth-order valence-electron chi connectivity index (χ4n) is 1.74. The first-order valence-electron chi connectivity index (χ1n) is 8.45. The number of aliphatic carboxylic acids is 2. The fourth-order valence-corrected chi connectivity index (χ4v) is 3.96. The predicted octanol–water partition coefficient (Wildman–Crippen LogP) is 2.11. The quantitative estimate of drug-likeness (QED) is 0.222. The Labute approximate surface area is 188 Å². The standard InChI is InChI=1S/C10H8N2.C8H16N2O4S2.Cu/c1-3-7-11-9(5-1)10-6-2-4-8-12-10;9-5(7(11)12)1-3-15-16-4-2-6(10)8(13)14;/h1-8H;5-6H,1-4,9-10H2,(H,11,12)(H,13,14);/t;5-,6-;/m.0./s1. The second kappa shape index (κ2) is 16.2. The molecule has 0 fully saturated rings. The van der Waals surface area contributed by atoms with Gasteiger partial charge < -0.3 is 21.7 Å². The average molecular weight is 488 g/mol. The minimum Gasteiger partial charge on any atom is -0.480 e. The van der Waals surface area contributed by atoms with E-state index in [-0.39, 0.29) is 17.1 Å². The summed E-state index contributed by atoms with van der Waals surface area (Å²) in [5, 5.41) is 17.0. The molecule has 2 atom stereocenters. The molecule has 0 spiro atoms. The maximum atomic E-state index is 10.4. The molecular formula is C18H24CuN4O4S2. The minimum absolute atomic E-state index is 0. The summed E-state index contributed by atoms with van der Waals surface area (Å²) in [4.78, 5) is 29.1. The molecule has 0 saturated carbocycles. The zero-order chi connectivity index (χ0) is 20.8. The van der Waals surface area contributed by atoms with Crippen LogP contribution in [0.5, 0.6) is 0 Å². The van der Waals surface area contributed by atoms with Crippen molar-refractivity contribution in [3.05, 3.63) is 48.8 Å². The molecular weight excluding hydrogens is 464 g/mol. The van der Waals surface area contributed by atoms with Gasteiger partial charge in [0.05, 0.1) is 11.4 Å². The Morgan fingerprint density at radius 3 is 1.48 bits per heavy atom. The first-order chi connectivity index (χ1) is 13.4. The summed E-state index contributed by atoms with van der Waals surface area (Å²) < 4.78 is 0. The molecule has 8 nitrogen and oxygen atoms in total. The SMILES string of the molecule is N[C@@H](CCSSCC[C@H](N)C(=O)O)C(=O)O.[Cu].c1ccc(-c2ccccn2)nc1. The molecule has 2 aromatic heterocycles. The van der Waals surface area contributed by atoms with Gasteiger partial charge in [0.15, 0.2) is 0 Å². The molecule has 11 heteroatoms. The Morgan fingerprint density at radius 2 is 1.21 bits per heavy atom. The van der Waals surface area contributed by atoms with Crippen molar-refractivity contribution in [3.8, 4) is 11.4 Å². The van der Waals surface area contributed by atoms with Gasteiger partial charge in [-0.1, -0.05) is 33.7 Å². The van der Waals surface area contributed by atoms with Crippen LogP contribution in [0.1, 0.15) is 12.8 Å². The first kappa shape index (κ1) is 27.4. The monoisotopic (exact) mass is 487 g/mol. The Kier molecular flexibility index (Phi) is 15.3. The average Bonchev–Trinajstić information content (AvgIpc) is 2.71. The third-order valence-electron chi connectivity index (χ3n) is 3.33. The number of nitrogens with zero attached hydrogens (tertiary/aromatic N) is 2. The molecule has 0 aliphatic heterocycles. The predicted molar refractivity (Wildman–Crippen MR) is 113 cm³/mol. The molecule has 2 rings (SSSR count). The third kappa shape index (κ3) is 12.5. The number of carbonyl (C=O) groups is 2. The molecule has 0 aromatic carbocycles. The summed E-state index contributed by atoms with van der Waals surface area (Å²) in [7, 11) is 2.96. The van der Waals surface area contributed by atoms with Crippen LogP contribution in [0.4, 0.5) is 0 Å². The fraction of sp³-hybridized carbons (Fsp3) is 0.333. The van der Waals surface area contributed by atoms with E-state index in [2.05, 4.69) is 9.97 Å². The van der Waals surface area contributed by atoms with Gasteiger partial charge >= 0.3 is 11.9 Å². The summed E-state index contributed by atoms with van der Waals surface area (Å²) >= 11 is 0. The van der Waals surface area contributed by atoms with Crippen LogP contribution in [0.3, 0.4) is 0 Å². The van der Waals surface area contributed by atoms with Gasteiger partial charge in [-0.05, 0) is 37.1 Å². The summed E-state index contributed by atoms with van der Waals surface area (Å²) in [5.74, 6) is -0.752. The second-order valence-electron chi connectivity index (χ2n) is 5.54. The minimum atomic E-state index is -1.00. The van der Waals surface area contributed by atoms with Crippen LogP contribution in [0.15, 0.2) is 48.8 Å². The van der Waals surface area contributed by atoms with E-state index in [0.29, 0.717) is 24.3 Å². The van der Waals surface area contributed by atoms with Gasteiger partial charge in [0, 0.05) is 41.0 Å². The number of hydrogen-bond donors (Lipinski definition) is 4. The normalized spacial score (nSPS) is 11.9. The van der Waals surface area contributed by atoms with Gasteiger partial charge in [0.2, 0.25) is 0 Å². The van der Waals surface area contributed by atoms with Crippen LogP contribution in [0.25, 0.3) is 11.4 Å². The van der Waals surface area contributed by atoms with Crippen molar-refractivity contribution < 1.29 is 36.9 Å². The van der Waals surface area contributed by atoms with Gasteiger partial charge in [-0.2, -0.15) is 0 Å². The topological polar surface area (TPSA) is 152 Å². The van der Waals surface area contributed by atoms with Crippen molar-refractivity contribution in [1.29, 1.82) is 0 Å². The van der Waals surface area contributed by atoms with E-state index >= 15 is 0 Å². The number of rotatable bonds is 10.